The van der Waals surface area contributed by atoms with Gasteiger partial charge in [-0.3, -0.25) is 9.48 Å². The fourth-order valence-electron chi connectivity index (χ4n) is 1.84. The number of hydrogen-bond acceptors (Lipinski definition) is 4. The van der Waals surface area contributed by atoms with E-state index in [0.29, 0.717) is 12.1 Å². The summed E-state index contributed by atoms with van der Waals surface area (Å²) in [5, 5.41) is 10.0. The maximum Gasteiger partial charge on any atom is 0.252 e. The molecule has 2 aromatic rings. The highest BCUT2D eigenvalue weighted by Gasteiger charge is 2.05. The van der Waals surface area contributed by atoms with Gasteiger partial charge in [-0.1, -0.05) is 0 Å². The maximum absolute atomic E-state index is 11.9. The van der Waals surface area contributed by atoms with Gasteiger partial charge in [0.2, 0.25) is 0 Å². The predicted molar refractivity (Wildman–Crippen MR) is 77.6 cm³/mol. The first kappa shape index (κ1) is 14.0. The molecule has 20 heavy (non-hydrogen) atoms. The Balaban J connectivity index is 1.82. The zero-order chi connectivity index (χ0) is 14.4. The Hall–Kier alpha value is -2.37. The fraction of sp³-hybridized carbons (Fsp3) is 0.357. The average Bonchev–Trinajstić information content (AvgIpc) is 2.85. The summed E-state index contributed by atoms with van der Waals surface area (Å²) in [6.07, 6.45) is 6.09. The van der Waals surface area contributed by atoms with Crippen molar-refractivity contribution < 1.29 is 4.79 Å². The average molecular weight is 273 g/mol. The van der Waals surface area contributed by atoms with Crippen molar-refractivity contribution in [2.75, 3.05) is 18.4 Å². The van der Waals surface area contributed by atoms with Crippen LogP contribution in [0.4, 0.5) is 5.82 Å². The fourth-order valence-corrected chi connectivity index (χ4v) is 1.84. The summed E-state index contributed by atoms with van der Waals surface area (Å²) >= 11 is 0. The van der Waals surface area contributed by atoms with E-state index in [-0.39, 0.29) is 5.91 Å². The van der Waals surface area contributed by atoms with Crippen molar-refractivity contribution in [2.45, 2.75) is 13.3 Å². The minimum atomic E-state index is -0.107. The second kappa shape index (κ2) is 6.70. The SMILES string of the molecule is CCNc1ccc(C(=O)NCCc2cnn(C)c2)cn1. The summed E-state index contributed by atoms with van der Waals surface area (Å²) < 4.78 is 1.75. The summed E-state index contributed by atoms with van der Waals surface area (Å²) in [5.41, 5.74) is 1.67. The highest BCUT2D eigenvalue weighted by atomic mass is 16.1. The lowest BCUT2D eigenvalue weighted by atomic mass is 10.2. The number of nitrogens with one attached hydrogen (secondary N) is 2. The van der Waals surface area contributed by atoms with E-state index in [0.717, 1.165) is 24.3 Å². The van der Waals surface area contributed by atoms with Gasteiger partial charge in [0.15, 0.2) is 0 Å². The highest BCUT2D eigenvalue weighted by Crippen LogP contribution is 2.04. The summed E-state index contributed by atoms with van der Waals surface area (Å²) in [5.74, 6) is 0.670. The van der Waals surface area contributed by atoms with Crippen LogP contribution in [-0.2, 0) is 13.5 Å². The zero-order valence-electron chi connectivity index (χ0n) is 11.8. The van der Waals surface area contributed by atoms with Crippen LogP contribution in [0.1, 0.15) is 22.8 Å². The number of aryl methyl sites for hydroxylation is 1. The molecule has 0 aromatic carbocycles. The Kier molecular flexibility index (Phi) is 4.70. The van der Waals surface area contributed by atoms with E-state index >= 15 is 0 Å². The molecule has 0 aliphatic carbocycles. The number of nitrogens with zero attached hydrogens (tertiary/aromatic N) is 3. The second-order valence-electron chi connectivity index (χ2n) is 4.49. The molecule has 2 aromatic heterocycles. The lowest BCUT2D eigenvalue weighted by Crippen LogP contribution is -2.25. The summed E-state index contributed by atoms with van der Waals surface area (Å²) in [4.78, 5) is 16.1. The van der Waals surface area contributed by atoms with Gasteiger partial charge < -0.3 is 10.6 Å². The van der Waals surface area contributed by atoms with Crippen LogP contribution >= 0.6 is 0 Å². The molecule has 0 saturated heterocycles. The Morgan fingerprint density at radius 3 is 2.80 bits per heavy atom. The molecule has 0 saturated carbocycles. The first-order chi connectivity index (χ1) is 9.69. The zero-order valence-corrected chi connectivity index (χ0v) is 11.8. The lowest BCUT2D eigenvalue weighted by Gasteiger charge is -2.05. The molecule has 0 fully saturated rings. The molecule has 106 valence electrons. The van der Waals surface area contributed by atoms with E-state index in [1.54, 1.807) is 29.2 Å². The lowest BCUT2D eigenvalue weighted by molar-refractivity contribution is 0.0954. The van der Waals surface area contributed by atoms with E-state index in [1.165, 1.54) is 0 Å². The minimum Gasteiger partial charge on any atom is -0.370 e. The van der Waals surface area contributed by atoms with E-state index < -0.39 is 0 Å². The van der Waals surface area contributed by atoms with Crippen LogP contribution in [0.5, 0.6) is 0 Å². The van der Waals surface area contributed by atoms with E-state index in [1.807, 2.05) is 20.2 Å². The van der Waals surface area contributed by atoms with Crippen LogP contribution in [0, 0.1) is 0 Å². The van der Waals surface area contributed by atoms with Gasteiger partial charge >= 0.3 is 0 Å². The van der Waals surface area contributed by atoms with Crippen molar-refractivity contribution >= 4 is 11.7 Å². The molecule has 0 aliphatic rings. The van der Waals surface area contributed by atoms with Crippen LogP contribution in [0.25, 0.3) is 0 Å². The molecule has 0 unspecified atom stereocenters. The van der Waals surface area contributed by atoms with Crippen LogP contribution in [0.3, 0.4) is 0 Å². The van der Waals surface area contributed by atoms with Crippen LogP contribution < -0.4 is 10.6 Å². The molecular weight excluding hydrogens is 254 g/mol. The van der Waals surface area contributed by atoms with E-state index in [2.05, 4.69) is 20.7 Å². The van der Waals surface area contributed by atoms with Gasteiger partial charge in [0.25, 0.3) is 5.91 Å². The predicted octanol–water partition coefficient (Wildman–Crippen LogP) is 1.22. The van der Waals surface area contributed by atoms with Gasteiger partial charge in [0.1, 0.15) is 5.82 Å². The molecule has 2 N–H and O–H groups in total. The van der Waals surface area contributed by atoms with Crippen LogP contribution in [0.2, 0.25) is 0 Å². The second-order valence-corrected chi connectivity index (χ2v) is 4.49. The molecule has 6 nitrogen and oxygen atoms in total. The number of aromatic nitrogens is 3. The van der Waals surface area contributed by atoms with Gasteiger partial charge in [-0.2, -0.15) is 5.10 Å². The number of amides is 1. The molecular formula is C14H19N5O. The van der Waals surface area contributed by atoms with Gasteiger partial charge in [-0.15, -0.1) is 0 Å². The maximum atomic E-state index is 11.9. The first-order valence-electron chi connectivity index (χ1n) is 6.64. The normalized spacial score (nSPS) is 10.3. The van der Waals surface area contributed by atoms with E-state index in [4.69, 9.17) is 0 Å². The van der Waals surface area contributed by atoms with Gasteiger partial charge in [0, 0.05) is 32.5 Å². The van der Waals surface area contributed by atoms with Gasteiger partial charge in [0.05, 0.1) is 11.8 Å². The van der Waals surface area contributed by atoms with Crippen LogP contribution in [-0.4, -0.2) is 33.8 Å². The molecule has 6 heteroatoms. The van der Waals surface area contributed by atoms with Crippen molar-refractivity contribution in [3.63, 3.8) is 0 Å². The summed E-state index contributed by atoms with van der Waals surface area (Å²) in [7, 11) is 1.87. The molecule has 0 atom stereocenters. The van der Waals surface area contributed by atoms with E-state index in [9.17, 15) is 4.79 Å². The van der Waals surface area contributed by atoms with Crippen molar-refractivity contribution in [3.05, 3.63) is 41.9 Å². The molecule has 1 amide bonds. The molecule has 0 radical (unpaired) electrons. The largest absolute Gasteiger partial charge is 0.370 e. The van der Waals surface area contributed by atoms with Crippen LogP contribution in [0.15, 0.2) is 30.7 Å². The Labute approximate surface area is 118 Å². The number of anilines is 1. The standard InChI is InChI=1S/C14H19N5O/c1-3-15-13-5-4-12(9-17-13)14(20)16-7-6-11-8-18-19(2)10-11/h4-5,8-10H,3,6-7H2,1-2H3,(H,15,17)(H,16,20). The third kappa shape index (κ3) is 3.81. The number of rotatable bonds is 6. The Morgan fingerprint density at radius 1 is 1.35 bits per heavy atom. The monoisotopic (exact) mass is 273 g/mol. The number of carbonyl (C=O) groups is 1. The third-order valence-corrected chi connectivity index (χ3v) is 2.84. The molecule has 2 rings (SSSR count). The summed E-state index contributed by atoms with van der Waals surface area (Å²) in [6, 6.07) is 3.57. The third-order valence-electron chi connectivity index (χ3n) is 2.84. The molecule has 0 bridgehead atoms. The molecule has 2 heterocycles. The van der Waals surface area contributed by atoms with Crippen molar-refractivity contribution in [1.82, 2.24) is 20.1 Å². The first-order valence-corrected chi connectivity index (χ1v) is 6.64. The van der Waals surface area contributed by atoms with Gasteiger partial charge in [-0.25, -0.2) is 4.98 Å². The topological polar surface area (TPSA) is 71.8 Å². The van der Waals surface area contributed by atoms with Gasteiger partial charge in [-0.05, 0) is 31.0 Å². The van der Waals surface area contributed by atoms with Crippen molar-refractivity contribution in [3.8, 4) is 0 Å². The molecule has 0 aliphatic heterocycles. The number of pyridine rings is 1. The Morgan fingerprint density at radius 2 is 2.20 bits per heavy atom. The van der Waals surface area contributed by atoms with Crippen molar-refractivity contribution in [2.24, 2.45) is 7.05 Å². The molecule has 0 spiro atoms. The van der Waals surface area contributed by atoms with Crippen molar-refractivity contribution in [1.29, 1.82) is 0 Å². The number of hydrogen-bond donors (Lipinski definition) is 2. The quantitative estimate of drug-likeness (QED) is 0.830. The smallest absolute Gasteiger partial charge is 0.252 e. The highest BCUT2D eigenvalue weighted by molar-refractivity contribution is 5.94. The number of carbonyl (C=O) groups excluding carboxylic acids is 1. The minimum absolute atomic E-state index is 0.107. The Bertz CT molecular complexity index is 561. The summed E-state index contributed by atoms with van der Waals surface area (Å²) in [6.45, 7) is 3.39.